The Balaban J connectivity index is -0.000000405. The number of carbonyl (C=O) groups is 2. The first-order valence-corrected chi connectivity index (χ1v) is 2.24. The van der Waals surface area contributed by atoms with Crippen molar-refractivity contribution in [2.75, 3.05) is 0 Å². The summed E-state index contributed by atoms with van der Waals surface area (Å²) in [7, 11) is 0. The SMILES string of the molecule is O=C([O-])[C@@H](O)[C@@H](O)C(=O)[O-].[Li+].[Li+]. The van der Waals surface area contributed by atoms with Crippen LogP contribution in [0.5, 0.6) is 0 Å². The molecular formula is C4H4Li2O6. The van der Waals surface area contributed by atoms with Crippen LogP contribution in [0.25, 0.3) is 0 Å². The fourth-order valence-corrected chi connectivity index (χ4v) is 0.258. The second-order valence-corrected chi connectivity index (χ2v) is 1.53. The van der Waals surface area contributed by atoms with Gasteiger partial charge in [-0.3, -0.25) is 0 Å². The minimum atomic E-state index is -2.44. The Morgan fingerprint density at radius 3 is 1.17 bits per heavy atom. The van der Waals surface area contributed by atoms with Gasteiger partial charge in [-0.1, -0.05) is 0 Å². The van der Waals surface area contributed by atoms with E-state index in [1.165, 1.54) is 0 Å². The van der Waals surface area contributed by atoms with Gasteiger partial charge < -0.3 is 30.0 Å². The average molecular weight is 162 g/mol. The zero-order chi connectivity index (χ0) is 8.31. The Morgan fingerprint density at radius 1 is 0.917 bits per heavy atom. The number of carbonyl (C=O) groups excluding carboxylic acids is 2. The molecule has 0 aromatic heterocycles. The number of aliphatic hydroxyl groups excluding tert-OH is 2. The van der Waals surface area contributed by atoms with Crippen LogP contribution in [-0.2, 0) is 9.59 Å². The van der Waals surface area contributed by atoms with E-state index >= 15 is 0 Å². The molecule has 2 N–H and O–H groups in total. The molecule has 0 aromatic carbocycles. The number of aliphatic carboxylic acids is 2. The summed E-state index contributed by atoms with van der Waals surface area (Å²) in [4.78, 5) is 19.3. The molecule has 0 aliphatic carbocycles. The van der Waals surface area contributed by atoms with Gasteiger partial charge in [-0.25, -0.2) is 0 Å². The molecule has 0 saturated carbocycles. The topological polar surface area (TPSA) is 121 Å². The summed E-state index contributed by atoms with van der Waals surface area (Å²) < 4.78 is 0. The maximum Gasteiger partial charge on any atom is 1.00 e. The number of hydrogen-bond acceptors (Lipinski definition) is 6. The van der Waals surface area contributed by atoms with Crippen molar-refractivity contribution in [3.05, 3.63) is 0 Å². The number of aliphatic hydroxyl groups is 2. The van der Waals surface area contributed by atoms with Crippen molar-refractivity contribution in [2.24, 2.45) is 0 Å². The second kappa shape index (κ2) is 7.69. The average Bonchev–Trinajstić information content (AvgIpc) is 1.84. The van der Waals surface area contributed by atoms with Crippen molar-refractivity contribution in [3.63, 3.8) is 0 Å². The third-order valence-electron chi connectivity index (χ3n) is 0.782. The van der Waals surface area contributed by atoms with Gasteiger partial charge in [0.2, 0.25) is 0 Å². The van der Waals surface area contributed by atoms with Crippen molar-refractivity contribution in [1.82, 2.24) is 0 Å². The van der Waals surface area contributed by atoms with Gasteiger partial charge in [-0.2, -0.15) is 0 Å². The van der Waals surface area contributed by atoms with Gasteiger partial charge in [0.1, 0.15) is 12.2 Å². The Morgan fingerprint density at radius 2 is 1.08 bits per heavy atom. The predicted octanol–water partition coefficient (Wildman–Crippen LogP) is -10.8. The zero-order valence-corrected chi connectivity index (χ0v) is 6.68. The quantitative estimate of drug-likeness (QED) is 0.397. The molecule has 0 radical (unpaired) electrons. The van der Waals surface area contributed by atoms with Crippen LogP contribution in [0.4, 0.5) is 0 Å². The summed E-state index contributed by atoms with van der Waals surface area (Å²) >= 11 is 0. The molecule has 6 nitrogen and oxygen atoms in total. The van der Waals surface area contributed by atoms with Crippen LogP contribution in [0.15, 0.2) is 0 Å². The molecular weight excluding hydrogens is 158 g/mol. The summed E-state index contributed by atoms with van der Waals surface area (Å²) in [6, 6.07) is 0. The van der Waals surface area contributed by atoms with E-state index in [1.807, 2.05) is 0 Å². The molecule has 0 unspecified atom stereocenters. The van der Waals surface area contributed by atoms with Gasteiger partial charge >= 0.3 is 37.7 Å². The molecule has 0 aromatic rings. The van der Waals surface area contributed by atoms with Crippen LogP contribution < -0.4 is 47.9 Å². The summed E-state index contributed by atoms with van der Waals surface area (Å²) in [6.45, 7) is 0. The first-order valence-electron chi connectivity index (χ1n) is 2.24. The molecule has 0 bridgehead atoms. The number of hydrogen-bond donors (Lipinski definition) is 2. The Labute approximate surface area is 91.9 Å². The van der Waals surface area contributed by atoms with E-state index in [0.29, 0.717) is 0 Å². The fraction of sp³-hybridized carbons (Fsp3) is 0.500. The van der Waals surface area contributed by atoms with E-state index in [1.54, 1.807) is 0 Å². The summed E-state index contributed by atoms with van der Waals surface area (Å²) in [5.41, 5.74) is 0. The van der Waals surface area contributed by atoms with Crippen molar-refractivity contribution < 1.29 is 67.7 Å². The van der Waals surface area contributed by atoms with E-state index in [-0.39, 0.29) is 37.7 Å². The van der Waals surface area contributed by atoms with E-state index in [2.05, 4.69) is 0 Å². The first-order chi connectivity index (χ1) is 4.46. The molecule has 12 heavy (non-hydrogen) atoms. The molecule has 0 amide bonds. The molecule has 0 aliphatic heterocycles. The monoisotopic (exact) mass is 162 g/mol. The van der Waals surface area contributed by atoms with Crippen molar-refractivity contribution in [1.29, 1.82) is 0 Å². The van der Waals surface area contributed by atoms with Gasteiger partial charge in [0.25, 0.3) is 0 Å². The van der Waals surface area contributed by atoms with Crippen LogP contribution in [-0.4, -0.2) is 34.4 Å². The van der Waals surface area contributed by atoms with Gasteiger partial charge in [-0.05, 0) is 0 Å². The fourth-order valence-electron chi connectivity index (χ4n) is 0.258. The summed E-state index contributed by atoms with van der Waals surface area (Å²) in [5.74, 6) is -4.12. The van der Waals surface area contributed by atoms with Crippen molar-refractivity contribution in [2.45, 2.75) is 12.2 Å². The smallest absolute Gasteiger partial charge is 0.547 e. The minimum absolute atomic E-state index is 0. The Bertz CT molecular complexity index is 142. The summed E-state index contributed by atoms with van der Waals surface area (Å²) in [5, 5.41) is 35.7. The molecule has 2 atom stereocenters. The summed E-state index contributed by atoms with van der Waals surface area (Å²) in [6.07, 6.45) is -4.88. The van der Waals surface area contributed by atoms with Crippen LogP contribution >= 0.6 is 0 Å². The second-order valence-electron chi connectivity index (χ2n) is 1.53. The van der Waals surface area contributed by atoms with Crippen LogP contribution in [0.2, 0.25) is 0 Å². The van der Waals surface area contributed by atoms with E-state index < -0.39 is 24.1 Å². The molecule has 0 spiro atoms. The van der Waals surface area contributed by atoms with E-state index in [0.717, 1.165) is 0 Å². The predicted molar refractivity (Wildman–Crippen MR) is 22.0 cm³/mol. The maximum atomic E-state index is 9.63. The van der Waals surface area contributed by atoms with Gasteiger partial charge in [0.05, 0.1) is 11.9 Å². The Kier molecular flexibility index (Phi) is 11.5. The van der Waals surface area contributed by atoms with Crippen molar-refractivity contribution >= 4 is 11.9 Å². The third kappa shape index (κ3) is 5.67. The number of carboxylic acids is 2. The molecule has 0 fully saturated rings. The molecule has 0 aliphatic rings. The first kappa shape index (κ1) is 18.0. The van der Waals surface area contributed by atoms with Crippen molar-refractivity contribution in [3.8, 4) is 0 Å². The van der Waals surface area contributed by atoms with Gasteiger partial charge in [-0.15, -0.1) is 0 Å². The molecule has 58 valence electrons. The maximum absolute atomic E-state index is 9.63. The zero-order valence-electron chi connectivity index (χ0n) is 6.68. The normalized spacial score (nSPS) is 13.2. The number of carboxylic acid groups (broad SMARTS) is 2. The van der Waals surface area contributed by atoms with Gasteiger partial charge in [0.15, 0.2) is 0 Å². The van der Waals surface area contributed by atoms with Crippen LogP contribution in [0.1, 0.15) is 0 Å². The largest absolute Gasteiger partial charge is 1.00 e. The van der Waals surface area contributed by atoms with Gasteiger partial charge in [0, 0.05) is 0 Å². The Hall–Kier alpha value is 0.0548. The molecule has 0 saturated heterocycles. The van der Waals surface area contributed by atoms with Crippen LogP contribution in [0, 0.1) is 0 Å². The van der Waals surface area contributed by atoms with E-state index in [4.69, 9.17) is 10.2 Å². The number of rotatable bonds is 3. The molecule has 8 heteroatoms. The van der Waals surface area contributed by atoms with E-state index in [9.17, 15) is 19.8 Å². The standard InChI is InChI=1S/C4H6O6.2Li/c5-1(3(7)8)2(6)4(9)10;;/h1-2,5-6H,(H,7,8)(H,9,10);;/q;2*+1/p-2/t1-,2+;;. The third-order valence-corrected chi connectivity index (χ3v) is 0.782. The molecule has 0 rings (SSSR count). The minimum Gasteiger partial charge on any atom is -0.547 e. The van der Waals surface area contributed by atoms with Crippen LogP contribution in [0.3, 0.4) is 0 Å². The molecule has 0 heterocycles.